The molecule has 1 fully saturated rings. The second-order valence-electron chi connectivity index (χ2n) is 4.75. The molecule has 0 aromatic heterocycles. The molecule has 98 valence electrons. The monoisotopic (exact) mass is 248 g/mol. The van der Waals surface area contributed by atoms with Crippen molar-refractivity contribution in [3.8, 4) is 0 Å². The number of morpholine rings is 1. The van der Waals surface area contributed by atoms with Gasteiger partial charge in [0.1, 0.15) is 0 Å². The molecule has 1 unspecified atom stereocenters. The van der Waals surface area contributed by atoms with E-state index in [1.807, 2.05) is 38.2 Å². The largest absolute Gasteiger partial charge is 0.374 e. The van der Waals surface area contributed by atoms with Crippen LogP contribution in [0.15, 0.2) is 24.3 Å². The summed E-state index contributed by atoms with van der Waals surface area (Å²) in [5.41, 5.74) is 1.84. The smallest absolute Gasteiger partial charge is 0.253 e. The lowest BCUT2D eigenvalue weighted by atomic mass is 10.1. The highest BCUT2D eigenvalue weighted by molar-refractivity contribution is 5.94. The Kier molecular flexibility index (Phi) is 4.33. The van der Waals surface area contributed by atoms with E-state index >= 15 is 0 Å². The van der Waals surface area contributed by atoms with Gasteiger partial charge >= 0.3 is 0 Å². The lowest BCUT2D eigenvalue weighted by molar-refractivity contribution is 0.0104. The molecule has 4 heteroatoms. The molecule has 0 aliphatic carbocycles. The number of hydrogen-bond donors (Lipinski definition) is 1. The highest BCUT2D eigenvalue weighted by Crippen LogP contribution is 2.08. The van der Waals surface area contributed by atoms with Gasteiger partial charge in [-0.1, -0.05) is 17.7 Å². The number of ether oxygens (including phenoxy) is 1. The molecule has 2 rings (SSSR count). The van der Waals surface area contributed by atoms with Gasteiger partial charge in [-0.2, -0.15) is 0 Å². The van der Waals surface area contributed by atoms with Gasteiger partial charge in [0.2, 0.25) is 0 Å². The van der Waals surface area contributed by atoms with Gasteiger partial charge in [0.25, 0.3) is 5.91 Å². The molecule has 0 saturated carbocycles. The summed E-state index contributed by atoms with van der Waals surface area (Å²) < 4.78 is 5.60. The van der Waals surface area contributed by atoms with E-state index in [0.717, 1.165) is 30.8 Å². The van der Waals surface area contributed by atoms with Crippen molar-refractivity contribution < 1.29 is 9.53 Å². The van der Waals surface area contributed by atoms with E-state index in [1.165, 1.54) is 0 Å². The molecule has 1 aromatic carbocycles. The van der Waals surface area contributed by atoms with Crippen LogP contribution in [0.5, 0.6) is 0 Å². The highest BCUT2D eigenvalue weighted by atomic mass is 16.5. The molecular weight excluding hydrogens is 228 g/mol. The molecule has 0 spiro atoms. The van der Waals surface area contributed by atoms with Gasteiger partial charge in [-0.15, -0.1) is 0 Å². The zero-order valence-corrected chi connectivity index (χ0v) is 11.0. The first-order valence-corrected chi connectivity index (χ1v) is 6.31. The van der Waals surface area contributed by atoms with Crippen molar-refractivity contribution in [1.82, 2.24) is 10.2 Å². The van der Waals surface area contributed by atoms with Crippen LogP contribution in [0.3, 0.4) is 0 Å². The SMILES string of the molecule is Cc1cccc(C(=O)N(C)CC2CNCCO2)c1. The van der Waals surface area contributed by atoms with E-state index in [9.17, 15) is 4.79 Å². The second kappa shape index (κ2) is 5.98. The summed E-state index contributed by atoms with van der Waals surface area (Å²) in [4.78, 5) is 13.9. The summed E-state index contributed by atoms with van der Waals surface area (Å²) in [5.74, 6) is 0.0490. The predicted molar refractivity (Wildman–Crippen MR) is 70.7 cm³/mol. The number of likely N-dealkylation sites (N-methyl/N-ethyl adjacent to an activating group) is 1. The summed E-state index contributed by atoms with van der Waals surface area (Å²) in [6.07, 6.45) is 0.0949. The van der Waals surface area contributed by atoms with Crippen LogP contribution in [0.4, 0.5) is 0 Å². The van der Waals surface area contributed by atoms with Gasteiger partial charge in [-0.25, -0.2) is 0 Å². The third-order valence-electron chi connectivity index (χ3n) is 3.09. The Labute approximate surface area is 108 Å². The number of carbonyl (C=O) groups is 1. The molecule has 4 nitrogen and oxygen atoms in total. The maximum absolute atomic E-state index is 12.2. The normalized spacial score (nSPS) is 19.6. The topological polar surface area (TPSA) is 41.6 Å². The summed E-state index contributed by atoms with van der Waals surface area (Å²) in [6.45, 7) is 5.04. The van der Waals surface area contributed by atoms with Crippen LogP contribution in [0.1, 0.15) is 15.9 Å². The number of aryl methyl sites for hydroxylation is 1. The molecule has 1 atom stereocenters. The Balaban J connectivity index is 1.95. The summed E-state index contributed by atoms with van der Waals surface area (Å²) in [5, 5.41) is 3.27. The summed E-state index contributed by atoms with van der Waals surface area (Å²) in [7, 11) is 1.82. The van der Waals surface area contributed by atoms with Crippen molar-refractivity contribution in [2.24, 2.45) is 0 Å². The fraction of sp³-hybridized carbons (Fsp3) is 0.500. The minimum absolute atomic E-state index is 0.0490. The van der Waals surface area contributed by atoms with Crippen LogP contribution in [0, 0.1) is 6.92 Å². The molecule has 1 heterocycles. The van der Waals surface area contributed by atoms with Crippen molar-refractivity contribution in [2.75, 3.05) is 33.3 Å². The van der Waals surface area contributed by atoms with E-state index in [1.54, 1.807) is 4.90 Å². The predicted octanol–water partition coefficient (Wildman–Crippen LogP) is 1.06. The maximum atomic E-state index is 12.2. The molecular formula is C14H20N2O2. The van der Waals surface area contributed by atoms with Gasteiger partial charge in [0, 0.05) is 32.2 Å². The van der Waals surface area contributed by atoms with Gasteiger partial charge in [-0.3, -0.25) is 4.79 Å². The molecule has 18 heavy (non-hydrogen) atoms. The molecule has 1 aliphatic heterocycles. The first-order valence-electron chi connectivity index (χ1n) is 6.31. The highest BCUT2D eigenvalue weighted by Gasteiger charge is 2.19. The third kappa shape index (κ3) is 3.31. The maximum Gasteiger partial charge on any atom is 0.253 e. The standard InChI is InChI=1S/C14H20N2O2/c1-11-4-3-5-12(8-11)14(17)16(2)10-13-9-15-6-7-18-13/h3-5,8,13,15H,6-7,9-10H2,1-2H3. The van der Waals surface area contributed by atoms with Gasteiger partial charge in [0.15, 0.2) is 0 Å². The minimum atomic E-state index is 0.0490. The fourth-order valence-corrected chi connectivity index (χ4v) is 2.12. The molecule has 1 N–H and O–H groups in total. The molecule has 1 saturated heterocycles. The Hall–Kier alpha value is -1.39. The molecule has 1 aliphatic rings. The lowest BCUT2D eigenvalue weighted by Crippen LogP contribution is -2.45. The zero-order valence-electron chi connectivity index (χ0n) is 11.0. The van der Waals surface area contributed by atoms with Crippen LogP contribution in [0.25, 0.3) is 0 Å². The van der Waals surface area contributed by atoms with E-state index in [0.29, 0.717) is 6.54 Å². The number of nitrogens with one attached hydrogen (secondary N) is 1. The quantitative estimate of drug-likeness (QED) is 0.869. The van der Waals surface area contributed by atoms with Crippen molar-refractivity contribution in [3.63, 3.8) is 0 Å². The minimum Gasteiger partial charge on any atom is -0.374 e. The average Bonchev–Trinajstić information content (AvgIpc) is 2.39. The van der Waals surface area contributed by atoms with Crippen LogP contribution >= 0.6 is 0 Å². The molecule has 0 bridgehead atoms. The van der Waals surface area contributed by atoms with E-state index in [2.05, 4.69) is 5.32 Å². The van der Waals surface area contributed by atoms with E-state index in [-0.39, 0.29) is 12.0 Å². The van der Waals surface area contributed by atoms with Crippen molar-refractivity contribution in [1.29, 1.82) is 0 Å². The first-order chi connectivity index (χ1) is 8.66. The van der Waals surface area contributed by atoms with Crippen LogP contribution in [-0.2, 0) is 4.74 Å². The number of hydrogen-bond acceptors (Lipinski definition) is 3. The number of carbonyl (C=O) groups excluding carboxylic acids is 1. The molecule has 1 aromatic rings. The van der Waals surface area contributed by atoms with Crippen molar-refractivity contribution in [2.45, 2.75) is 13.0 Å². The van der Waals surface area contributed by atoms with Gasteiger partial charge < -0.3 is 15.0 Å². The number of nitrogens with zero attached hydrogens (tertiary/aromatic N) is 1. The Morgan fingerprint density at radius 1 is 1.56 bits per heavy atom. The molecule has 0 radical (unpaired) electrons. The fourth-order valence-electron chi connectivity index (χ4n) is 2.12. The second-order valence-corrected chi connectivity index (χ2v) is 4.75. The van der Waals surface area contributed by atoms with Gasteiger partial charge in [-0.05, 0) is 19.1 Å². The Morgan fingerprint density at radius 2 is 2.39 bits per heavy atom. The van der Waals surface area contributed by atoms with Crippen LogP contribution in [0.2, 0.25) is 0 Å². The number of rotatable bonds is 3. The van der Waals surface area contributed by atoms with Crippen molar-refractivity contribution >= 4 is 5.91 Å². The first kappa shape index (κ1) is 13.1. The number of benzene rings is 1. The van der Waals surface area contributed by atoms with Crippen molar-refractivity contribution in [3.05, 3.63) is 35.4 Å². The van der Waals surface area contributed by atoms with Crippen LogP contribution in [-0.4, -0.2) is 50.2 Å². The summed E-state index contributed by atoms with van der Waals surface area (Å²) >= 11 is 0. The van der Waals surface area contributed by atoms with E-state index < -0.39 is 0 Å². The molecule has 1 amide bonds. The van der Waals surface area contributed by atoms with E-state index in [4.69, 9.17) is 4.74 Å². The summed E-state index contributed by atoms with van der Waals surface area (Å²) in [6, 6.07) is 7.67. The lowest BCUT2D eigenvalue weighted by Gasteiger charge is -2.28. The van der Waals surface area contributed by atoms with Gasteiger partial charge in [0.05, 0.1) is 12.7 Å². The third-order valence-corrected chi connectivity index (χ3v) is 3.09. The van der Waals surface area contributed by atoms with Crippen LogP contribution < -0.4 is 5.32 Å². The number of amides is 1. The Bertz CT molecular complexity index is 414. The zero-order chi connectivity index (χ0) is 13.0. The Morgan fingerprint density at radius 3 is 3.06 bits per heavy atom. The average molecular weight is 248 g/mol.